The Kier molecular flexibility index (Phi) is 1.78. The van der Waals surface area contributed by atoms with Gasteiger partial charge in [-0.05, 0) is 20.3 Å². The first-order chi connectivity index (χ1) is 6.07. The van der Waals surface area contributed by atoms with E-state index in [9.17, 15) is 4.79 Å². The van der Waals surface area contributed by atoms with Crippen molar-refractivity contribution >= 4 is 11.8 Å². The third-order valence-electron chi connectivity index (χ3n) is 2.28. The van der Waals surface area contributed by atoms with E-state index in [2.05, 4.69) is 10.3 Å². The second-order valence-electron chi connectivity index (χ2n) is 4.21. The molecule has 13 heavy (non-hydrogen) atoms. The Bertz CT molecular complexity index is 271. The van der Waals surface area contributed by atoms with Gasteiger partial charge in [0, 0.05) is 6.42 Å². The summed E-state index contributed by atoms with van der Waals surface area (Å²) in [6, 6.07) is 0.0225. The summed E-state index contributed by atoms with van der Waals surface area (Å²) in [4.78, 5) is 15.4. The molecule has 0 saturated carbocycles. The van der Waals surface area contributed by atoms with Crippen molar-refractivity contribution in [1.29, 1.82) is 0 Å². The van der Waals surface area contributed by atoms with Crippen molar-refractivity contribution in [2.45, 2.75) is 38.3 Å². The van der Waals surface area contributed by atoms with Gasteiger partial charge in [0.05, 0.1) is 5.54 Å². The van der Waals surface area contributed by atoms with Crippen LogP contribution in [0.5, 0.6) is 0 Å². The maximum atomic E-state index is 10.9. The van der Waals surface area contributed by atoms with E-state index in [1.165, 1.54) is 0 Å². The Morgan fingerprint density at radius 1 is 1.62 bits per heavy atom. The molecule has 0 aromatic heterocycles. The van der Waals surface area contributed by atoms with Gasteiger partial charge >= 0.3 is 0 Å². The van der Waals surface area contributed by atoms with E-state index in [1.807, 2.05) is 13.8 Å². The van der Waals surface area contributed by atoms with Gasteiger partial charge in [-0.25, -0.2) is 4.99 Å². The van der Waals surface area contributed by atoms with E-state index in [0.29, 0.717) is 18.9 Å². The largest absolute Gasteiger partial charge is 0.477 e. The van der Waals surface area contributed by atoms with Crippen molar-refractivity contribution in [1.82, 2.24) is 5.32 Å². The van der Waals surface area contributed by atoms with Gasteiger partial charge in [0.2, 0.25) is 11.8 Å². The molecule has 0 bridgehead atoms. The van der Waals surface area contributed by atoms with Gasteiger partial charge in [0.25, 0.3) is 0 Å². The molecule has 0 aromatic rings. The van der Waals surface area contributed by atoms with Crippen molar-refractivity contribution in [3.8, 4) is 0 Å². The van der Waals surface area contributed by atoms with E-state index < -0.39 is 0 Å². The minimum Gasteiger partial charge on any atom is -0.477 e. The average molecular weight is 182 g/mol. The van der Waals surface area contributed by atoms with Crippen LogP contribution >= 0.6 is 0 Å². The number of hydrogen-bond donors (Lipinski definition) is 1. The molecule has 1 amide bonds. The van der Waals surface area contributed by atoms with Gasteiger partial charge in [-0.3, -0.25) is 4.79 Å². The van der Waals surface area contributed by atoms with Crippen LogP contribution < -0.4 is 5.32 Å². The summed E-state index contributed by atoms with van der Waals surface area (Å²) in [5.74, 6) is 0.803. The van der Waals surface area contributed by atoms with Crippen LogP contribution in [-0.4, -0.2) is 30.0 Å². The molecule has 2 rings (SSSR count). The number of nitrogens with zero attached hydrogens (tertiary/aromatic N) is 1. The molecule has 1 N–H and O–H groups in total. The highest BCUT2D eigenvalue weighted by atomic mass is 16.5. The van der Waals surface area contributed by atoms with Gasteiger partial charge in [0.15, 0.2) is 0 Å². The van der Waals surface area contributed by atoms with Gasteiger partial charge in [-0.15, -0.1) is 0 Å². The first kappa shape index (κ1) is 8.53. The van der Waals surface area contributed by atoms with Crippen LogP contribution in [0.15, 0.2) is 4.99 Å². The molecule has 1 saturated heterocycles. The fourth-order valence-electron chi connectivity index (χ4n) is 1.59. The Morgan fingerprint density at radius 2 is 2.38 bits per heavy atom. The fourth-order valence-corrected chi connectivity index (χ4v) is 1.59. The zero-order valence-corrected chi connectivity index (χ0v) is 7.96. The third-order valence-corrected chi connectivity index (χ3v) is 2.28. The zero-order chi connectivity index (χ0) is 9.47. The zero-order valence-electron chi connectivity index (χ0n) is 7.96. The number of carbonyl (C=O) groups excluding carboxylic acids is 1. The summed E-state index contributed by atoms with van der Waals surface area (Å²) in [5, 5.41) is 2.84. The van der Waals surface area contributed by atoms with Crippen molar-refractivity contribution in [2.75, 3.05) is 6.61 Å². The smallest absolute Gasteiger partial charge is 0.220 e. The second kappa shape index (κ2) is 2.72. The lowest BCUT2D eigenvalue weighted by Gasteiger charge is -2.08. The Morgan fingerprint density at radius 3 is 2.85 bits per heavy atom. The molecule has 0 radical (unpaired) electrons. The molecule has 4 heteroatoms. The van der Waals surface area contributed by atoms with E-state index in [0.717, 1.165) is 6.42 Å². The van der Waals surface area contributed by atoms with Crippen molar-refractivity contribution < 1.29 is 9.53 Å². The van der Waals surface area contributed by atoms with Crippen LogP contribution in [0.3, 0.4) is 0 Å². The second-order valence-corrected chi connectivity index (χ2v) is 4.21. The SMILES string of the molecule is CC1(C)COC(C2CCC(=O)N2)=N1. The van der Waals surface area contributed by atoms with Crippen LogP contribution in [0.2, 0.25) is 0 Å². The molecule has 0 aliphatic carbocycles. The lowest BCUT2D eigenvalue weighted by atomic mass is 10.1. The predicted molar refractivity (Wildman–Crippen MR) is 48.6 cm³/mol. The van der Waals surface area contributed by atoms with Gasteiger partial charge in [-0.2, -0.15) is 0 Å². The summed E-state index contributed by atoms with van der Waals surface area (Å²) in [7, 11) is 0. The molecule has 0 spiro atoms. The molecule has 2 aliphatic rings. The van der Waals surface area contributed by atoms with E-state index in [1.54, 1.807) is 0 Å². The first-order valence-corrected chi connectivity index (χ1v) is 4.59. The first-order valence-electron chi connectivity index (χ1n) is 4.59. The fraction of sp³-hybridized carbons (Fsp3) is 0.778. The topological polar surface area (TPSA) is 50.7 Å². The number of amides is 1. The van der Waals surface area contributed by atoms with E-state index in [4.69, 9.17) is 4.74 Å². The molecule has 2 heterocycles. The van der Waals surface area contributed by atoms with Gasteiger partial charge < -0.3 is 10.1 Å². The number of ether oxygens (including phenoxy) is 1. The van der Waals surface area contributed by atoms with Crippen molar-refractivity contribution in [2.24, 2.45) is 4.99 Å². The summed E-state index contributed by atoms with van der Waals surface area (Å²) < 4.78 is 5.44. The number of rotatable bonds is 1. The average Bonchev–Trinajstić information content (AvgIpc) is 2.56. The maximum Gasteiger partial charge on any atom is 0.220 e. The highest BCUT2D eigenvalue weighted by molar-refractivity contribution is 5.91. The van der Waals surface area contributed by atoms with Crippen LogP contribution in [0.25, 0.3) is 0 Å². The van der Waals surface area contributed by atoms with Gasteiger partial charge in [0.1, 0.15) is 12.6 Å². The number of aliphatic imine (C=N–C) groups is 1. The predicted octanol–water partition coefficient (Wildman–Crippen LogP) is 0.472. The van der Waals surface area contributed by atoms with Crippen LogP contribution in [0.1, 0.15) is 26.7 Å². The summed E-state index contributed by atoms with van der Waals surface area (Å²) >= 11 is 0. The lowest BCUT2D eigenvalue weighted by Crippen LogP contribution is -2.33. The summed E-state index contributed by atoms with van der Waals surface area (Å²) in [5.41, 5.74) is -0.122. The monoisotopic (exact) mass is 182 g/mol. The normalized spacial score (nSPS) is 31.1. The Hall–Kier alpha value is -1.06. The molecular formula is C9H14N2O2. The minimum atomic E-state index is -0.122. The molecule has 1 atom stereocenters. The Balaban J connectivity index is 2.07. The van der Waals surface area contributed by atoms with Crippen molar-refractivity contribution in [3.63, 3.8) is 0 Å². The van der Waals surface area contributed by atoms with Crippen LogP contribution in [0.4, 0.5) is 0 Å². The quantitative estimate of drug-likeness (QED) is 0.641. The lowest BCUT2D eigenvalue weighted by molar-refractivity contribution is -0.119. The molecule has 1 unspecified atom stereocenters. The highest BCUT2D eigenvalue weighted by Gasteiger charge is 2.34. The van der Waals surface area contributed by atoms with Gasteiger partial charge in [-0.1, -0.05) is 0 Å². The molecule has 0 aromatic carbocycles. The van der Waals surface area contributed by atoms with Crippen molar-refractivity contribution in [3.05, 3.63) is 0 Å². The van der Waals surface area contributed by atoms with E-state index in [-0.39, 0.29) is 17.5 Å². The van der Waals surface area contributed by atoms with E-state index >= 15 is 0 Å². The Labute approximate surface area is 77.4 Å². The van der Waals surface area contributed by atoms with Crippen LogP contribution in [0, 0.1) is 0 Å². The summed E-state index contributed by atoms with van der Waals surface area (Å²) in [6.45, 7) is 4.67. The molecule has 2 aliphatic heterocycles. The number of nitrogens with one attached hydrogen (secondary N) is 1. The molecule has 4 nitrogen and oxygen atoms in total. The summed E-state index contributed by atoms with van der Waals surface area (Å²) in [6.07, 6.45) is 1.40. The molecule has 72 valence electrons. The number of hydrogen-bond acceptors (Lipinski definition) is 3. The number of carbonyl (C=O) groups is 1. The maximum absolute atomic E-state index is 10.9. The highest BCUT2D eigenvalue weighted by Crippen LogP contribution is 2.21. The third kappa shape index (κ3) is 1.66. The van der Waals surface area contributed by atoms with Crippen LogP contribution in [-0.2, 0) is 9.53 Å². The standard InChI is InChI=1S/C9H14N2O2/c1-9(2)5-13-8(11-9)6-3-4-7(12)10-6/h6H,3-5H2,1-2H3,(H,10,12). The molecule has 1 fully saturated rings. The minimum absolute atomic E-state index is 0.0225. The molecular weight excluding hydrogens is 168 g/mol.